The third kappa shape index (κ3) is 17.2. The molecule has 0 aromatic heterocycles. The fourth-order valence-corrected chi connectivity index (χ4v) is 3.36. The zero-order chi connectivity index (χ0) is 17.2. The van der Waals surface area contributed by atoms with Gasteiger partial charge in [0.05, 0.1) is 26.7 Å². The minimum Gasteiger partial charge on any atom is -1.00 e. The number of hydrogen-bond donors (Lipinski definition) is 1. The lowest BCUT2D eigenvalue weighted by Gasteiger charge is -2.32. The first-order chi connectivity index (χ1) is 11.2. The second-order valence-corrected chi connectivity index (χ2v) is 7.70. The van der Waals surface area contributed by atoms with Crippen LogP contribution in [0.4, 0.5) is 0 Å². The maximum absolute atomic E-state index is 9.13. The number of halogens is 1. The molecular formula is C21H46BrNO. The fourth-order valence-electron chi connectivity index (χ4n) is 3.36. The summed E-state index contributed by atoms with van der Waals surface area (Å²) in [4.78, 5) is 0. The van der Waals surface area contributed by atoms with Crippen LogP contribution in [0.2, 0.25) is 0 Å². The van der Waals surface area contributed by atoms with Crippen LogP contribution in [0.5, 0.6) is 0 Å². The highest BCUT2D eigenvalue weighted by molar-refractivity contribution is 4.49. The Kier molecular flexibility index (Phi) is 21.9. The van der Waals surface area contributed by atoms with Gasteiger partial charge in [0.25, 0.3) is 0 Å². The van der Waals surface area contributed by atoms with Crippen LogP contribution in [0.3, 0.4) is 0 Å². The number of hydrogen-bond acceptors (Lipinski definition) is 1. The summed E-state index contributed by atoms with van der Waals surface area (Å²) in [5.41, 5.74) is 0. The molecule has 0 aromatic rings. The van der Waals surface area contributed by atoms with Crippen LogP contribution in [-0.4, -0.2) is 42.9 Å². The summed E-state index contributed by atoms with van der Waals surface area (Å²) in [6.45, 7) is 8.13. The predicted molar refractivity (Wildman–Crippen MR) is 104 cm³/mol. The van der Waals surface area contributed by atoms with Crippen molar-refractivity contribution in [3.63, 3.8) is 0 Å². The average Bonchev–Trinajstić information content (AvgIpc) is 2.55. The second-order valence-electron chi connectivity index (χ2n) is 7.70. The lowest BCUT2D eigenvalue weighted by molar-refractivity contribution is -0.908. The summed E-state index contributed by atoms with van der Waals surface area (Å²) in [5, 5.41) is 9.13. The highest BCUT2D eigenvalue weighted by Gasteiger charge is 2.17. The number of likely N-dealkylation sites (N-methyl/N-ethyl adjacent to an activating group) is 1. The summed E-state index contributed by atoms with van der Waals surface area (Å²) in [7, 11) is 2.28. The van der Waals surface area contributed by atoms with Gasteiger partial charge in [0.1, 0.15) is 6.54 Å². The maximum atomic E-state index is 9.13. The highest BCUT2D eigenvalue weighted by Crippen LogP contribution is 2.13. The molecule has 0 fully saturated rings. The summed E-state index contributed by atoms with van der Waals surface area (Å²) < 4.78 is 1.04. The maximum Gasteiger partial charge on any atom is 0.102 e. The Hall–Kier alpha value is 0.400. The van der Waals surface area contributed by atoms with Gasteiger partial charge in [-0.3, -0.25) is 0 Å². The van der Waals surface area contributed by atoms with Crippen LogP contribution in [-0.2, 0) is 0 Å². The third-order valence-electron chi connectivity index (χ3n) is 5.45. The SMILES string of the molecule is CCCCCCCCCCCCCCCC[N+](C)(CC)CCO.[Br-]. The Bertz CT molecular complexity index is 238. The molecule has 0 bridgehead atoms. The van der Waals surface area contributed by atoms with E-state index < -0.39 is 0 Å². The van der Waals surface area contributed by atoms with E-state index in [-0.39, 0.29) is 17.0 Å². The van der Waals surface area contributed by atoms with Crippen molar-refractivity contribution in [2.24, 2.45) is 0 Å². The highest BCUT2D eigenvalue weighted by atomic mass is 79.9. The van der Waals surface area contributed by atoms with Gasteiger partial charge in [-0.15, -0.1) is 0 Å². The van der Waals surface area contributed by atoms with Crippen molar-refractivity contribution in [3.05, 3.63) is 0 Å². The third-order valence-corrected chi connectivity index (χ3v) is 5.45. The van der Waals surface area contributed by atoms with E-state index in [0.717, 1.165) is 17.6 Å². The molecule has 0 aliphatic carbocycles. The summed E-state index contributed by atoms with van der Waals surface area (Å²) in [5.74, 6) is 0. The lowest BCUT2D eigenvalue weighted by atomic mass is 10.0. The van der Waals surface area contributed by atoms with Crippen molar-refractivity contribution in [1.29, 1.82) is 0 Å². The van der Waals surface area contributed by atoms with Crippen molar-refractivity contribution in [1.82, 2.24) is 0 Å². The Morgan fingerprint density at radius 3 is 1.29 bits per heavy atom. The average molecular weight is 409 g/mol. The number of nitrogens with zero attached hydrogens (tertiary/aromatic N) is 1. The molecule has 0 aromatic carbocycles. The van der Waals surface area contributed by atoms with Crippen LogP contribution in [0.1, 0.15) is 104 Å². The second kappa shape index (κ2) is 19.7. The van der Waals surface area contributed by atoms with Crippen molar-refractivity contribution < 1.29 is 26.6 Å². The molecule has 0 radical (unpaired) electrons. The first-order valence-corrected chi connectivity index (χ1v) is 10.6. The predicted octanol–water partition coefficient (Wildman–Crippen LogP) is 2.93. The monoisotopic (exact) mass is 407 g/mol. The molecule has 148 valence electrons. The Balaban J connectivity index is 0. The smallest absolute Gasteiger partial charge is 0.102 e. The summed E-state index contributed by atoms with van der Waals surface area (Å²) in [6.07, 6.45) is 19.9. The van der Waals surface area contributed by atoms with Gasteiger partial charge in [0.15, 0.2) is 0 Å². The van der Waals surface area contributed by atoms with Crippen LogP contribution >= 0.6 is 0 Å². The standard InChI is InChI=1S/C21H46NO.BrH/c1-4-6-7-8-9-10-11-12-13-14-15-16-17-18-19-22(3,5-2)20-21-23;/h23H,4-21H2,1-3H3;1H/q+1;/p-1. The fraction of sp³-hybridized carbons (Fsp3) is 1.00. The minimum atomic E-state index is 0. The van der Waals surface area contributed by atoms with Gasteiger partial charge in [-0.25, -0.2) is 0 Å². The Morgan fingerprint density at radius 2 is 0.958 bits per heavy atom. The molecule has 1 N–H and O–H groups in total. The molecule has 0 saturated heterocycles. The number of rotatable bonds is 18. The molecule has 0 heterocycles. The number of unbranched alkanes of at least 4 members (excludes halogenated alkanes) is 13. The van der Waals surface area contributed by atoms with Gasteiger partial charge in [0.2, 0.25) is 0 Å². The van der Waals surface area contributed by atoms with E-state index in [1.165, 1.54) is 96.4 Å². The van der Waals surface area contributed by atoms with E-state index >= 15 is 0 Å². The van der Waals surface area contributed by atoms with Crippen molar-refractivity contribution >= 4 is 0 Å². The lowest BCUT2D eigenvalue weighted by Crippen LogP contribution is -3.00. The van der Waals surface area contributed by atoms with Gasteiger partial charge >= 0.3 is 0 Å². The molecule has 0 aliphatic heterocycles. The molecular weight excluding hydrogens is 362 g/mol. The van der Waals surface area contributed by atoms with Gasteiger partial charge in [-0.2, -0.15) is 0 Å². The van der Waals surface area contributed by atoms with E-state index in [2.05, 4.69) is 20.9 Å². The molecule has 0 aliphatic rings. The Labute approximate surface area is 163 Å². The van der Waals surface area contributed by atoms with Crippen LogP contribution in [0, 0.1) is 0 Å². The molecule has 3 heteroatoms. The van der Waals surface area contributed by atoms with Gasteiger partial charge in [-0.05, 0) is 19.8 Å². The van der Waals surface area contributed by atoms with Crippen molar-refractivity contribution in [2.45, 2.75) is 104 Å². The Morgan fingerprint density at radius 1 is 0.583 bits per heavy atom. The largest absolute Gasteiger partial charge is 1.00 e. The molecule has 24 heavy (non-hydrogen) atoms. The minimum absolute atomic E-state index is 0. The molecule has 0 spiro atoms. The first-order valence-electron chi connectivity index (χ1n) is 10.6. The van der Waals surface area contributed by atoms with Crippen LogP contribution in [0.25, 0.3) is 0 Å². The van der Waals surface area contributed by atoms with E-state index in [1.807, 2.05) is 0 Å². The quantitative estimate of drug-likeness (QED) is 0.273. The van der Waals surface area contributed by atoms with Crippen molar-refractivity contribution in [3.8, 4) is 0 Å². The molecule has 2 nitrogen and oxygen atoms in total. The van der Waals surface area contributed by atoms with Gasteiger partial charge in [-0.1, -0.05) is 84.0 Å². The molecule has 0 rings (SSSR count). The van der Waals surface area contributed by atoms with E-state index in [4.69, 9.17) is 5.11 Å². The molecule has 0 amide bonds. The van der Waals surface area contributed by atoms with E-state index in [1.54, 1.807) is 0 Å². The van der Waals surface area contributed by atoms with E-state index in [9.17, 15) is 0 Å². The van der Waals surface area contributed by atoms with Crippen LogP contribution in [0.15, 0.2) is 0 Å². The van der Waals surface area contributed by atoms with Gasteiger partial charge in [0, 0.05) is 0 Å². The van der Waals surface area contributed by atoms with Crippen LogP contribution < -0.4 is 17.0 Å². The normalized spacial score (nSPS) is 13.5. The van der Waals surface area contributed by atoms with E-state index in [0.29, 0.717) is 6.61 Å². The zero-order valence-corrected chi connectivity index (χ0v) is 18.6. The number of aliphatic hydroxyl groups is 1. The van der Waals surface area contributed by atoms with Gasteiger partial charge < -0.3 is 26.6 Å². The van der Waals surface area contributed by atoms with Crippen molar-refractivity contribution in [2.75, 3.05) is 33.3 Å². The molecule has 0 saturated carbocycles. The topological polar surface area (TPSA) is 20.2 Å². The first kappa shape index (κ1) is 26.6. The number of quaternary nitrogens is 1. The summed E-state index contributed by atoms with van der Waals surface area (Å²) >= 11 is 0. The summed E-state index contributed by atoms with van der Waals surface area (Å²) in [6, 6.07) is 0. The number of aliphatic hydroxyl groups excluding tert-OH is 1. The molecule has 1 atom stereocenters. The zero-order valence-electron chi connectivity index (χ0n) is 17.0. The molecule has 1 unspecified atom stereocenters.